The van der Waals surface area contributed by atoms with E-state index < -0.39 is 0 Å². The van der Waals surface area contributed by atoms with Crippen LogP contribution >= 0.6 is 23.8 Å². The molecule has 2 rings (SSSR count). The van der Waals surface area contributed by atoms with Crippen LogP contribution in [0.25, 0.3) is 0 Å². The first kappa shape index (κ1) is 20.1. The summed E-state index contributed by atoms with van der Waals surface area (Å²) in [5.41, 5.74) is 7.75. The van der Waals surface area contributed by atoms with E-state index in [1.807, 2.05) is 18.2 Å². The topological polar surface area (TPSA) is 84.6 Å². The number of nitrogens with zero attached hydrogens (tertiary/aromatic N) is 2. The number of aliphatic imine (C=N–C) groups is 1. The zero-order chi connectivity index (χ0) is 18.6. The largest absolute Gasteiger partial charge is 0.379 e. The van der Waals surface area contributed by atoms with Gasteiger partial charge in [0.1, 0.15) is 0 Å². The van der Waals surface area contributed by atoms with Crippen molar-refractivity contribution in [3.63, 3.8) is 0 Å². The molecule has 0 radical (unpaired) electrons. The molecular weight excluding hydrogens is 370 g/mol. The maximum Gasteiger partial charge on any atom is 0.194 e. The summed E-state index contributed by atoms with van der Waals surface area (Å²) < 4.78 is 5.55. The van der Waals surface area contributed by atoms with Crippen molar-refractivity contribution >= 4 is 34.9 Å². The molecule has 0 aliphatic heterocycles. The Hall–Kier alpha value is -2.22. The van der Waals surface area contributed by atoms with Crippen molar-refractivity contribution in [1.82, 2.24) is 15.6 Å². The molecule has 0 aliphatic carbocycles. The summed E-state index contributed by atoms with van der Waals surface area (Å²) in [6.45, 7) is 2.01. The van der Waals surface area contributed by atoms with Gasteiger partial charge in [-0.3, -0.25) is 9.98 Å². The lowest BCUT2D eigenvalue weighted by Crippen LogP contribution is -2.43. The summed E-state index contributed by atoms with van der Waals surface area (Å²) in [6.07, 6.45) is 2.55. The Morgan fingerprint density at radius 3 is 2.77 bits per heavy atom. The Kier molecular flexibility index (Phi) is 8.82. The second kappa shape index (κ2) is 11.4. The van der Waals surface area contributed by atoms with Gasteiger partial charge in [-0.25, -0.2) is 0 Å². The van der Waals surface area contributed by atoms with Gasteiger partial charge in [-0.15, -0.1) is 0 Å². The third kappa shape index (κ3) is 7.77. The fourth-order valence-corrected chi connectivity index (χ4v) is 2.44. The molecule has 1 aromatic heterocycles. The molecule has 2 aromatic rings. The van der Waals surface area contributed by atoms with E-state index in [0.717, 1.165) is 6.42 Å². The lowest BCUT2D eigenvalue weighted by atomic mass is 10.2. The van der Waals surface area contributed by atoms with Gasteiger partial charge in [0.05, 0.1) is 37.0 Å². The van der Waals surface area contributed by atoms with Crippen LogP contribution in [0.3, 0.4) is 0 Å². The number of thiocarbonyl (C=S) groups is 1. The van der Waals surface area contributed by atoms with Crippen molar-refractivity contribution in [3.05, 3.63) is 64.9 Å². The first-order valence-corrected chi connectivity index (χ1v) is 8.99. The van der Waals surface area contributed by atoms with E-state index >= 15 is 0 Å². The van der Waals surface area contributed by atoms with Gasteiger partial charge in [0.15, 0.2) is 11.1 Å². The molecule has 0 saturated carbocycles. The number of nitrogens with two attached hydrogens (primary N) is 1. The maximum atomic E-state index is 6.03. The Balaban J connectivity index is 1.58. The lowest BCUT2D eigenvalue weighted by Gasteiger charge is -2.10. The van der Waals surface area contributed by atoms with Crippen LogP contribution in [0.15, 0.2) is 53.7 Å². The van der Waals surface area contributed by atoms with E-state index in [2.05, 4.69) is 32.7 Å². The minimum atomic E-state index is 0.237. The summed E-state index contributed by atoms with van der Waals surface area (Å²) >= 11 is 11.2. The molecule has 0 fully saturated rings. The molecule has 0 atom stereocenters. The van der Waals surface area contributed by atoms with Gasteiger partial charge in [-0.2, -0.15) is 0 Å². The second-order valence-corrected chi connectivity index (χ2v) is 6.17. The van der Waals surface area contributed by atoms with Crippen LogP contribution in [-0.4, -0.2) is 35.8 Å². The highest BCUT2D eigenvalue weighted by atomic mass is 35.5. The van der Waals surface area contributed by atoms with Crippen LogP contribution in [0.1, 0.15) is 11.3 Å². The Morgan fingerprint density at radius 1 is 1.19 bits per heavy atom. The van der Waals surface area contributed by atoms with E-state index in [1.165, 1.54) is 5.56 Å². The van der Waals surface area contributed by atoms with E-state index in [-0.39, 0.29) is 5.96 Å². The molecule has 4 N–H and O–H groups in total. The third-order valence-electron chi connectivity index (χ3n) is 3.39. The van der Waals surface area contributed by atoms with Gasteiger partial charge < -0.3 is 21.1 Å². The minimum absolute atomic E-state index is 0.237. The number of ether oxygens (including phenoxy) is 1. The Labute approximate surface area is 163 Å². The van der Waals surface area contributed by atoms with Gasteiger partial charge in [-0.05, 0) is 36.3 Å². The quantitative estimate of drug-likeness (QED) is 0.277. The van der Waals surface area contributed by atoms with Gasteiger partial charge in [-0.1, -0.05) is 41.9 Å². The van der Waals surface area contributed by atoms with Gasteiger partial charge in [0, 0.05) is 6.20 Å². The zero-order valence-electron chi connectivity index (χ0n) is 14.3. The fraction of sp³-hybridized carbons (Fsp3) is 0.278. The number of pyridine rings is 1. The molecule has 26 heavy (non-hydrogen) atoms. The van der Waals surface area contributed by atoms with Crippen molar-refractivity contribution in [2.24, 2.45) is 10.7 Å². The minimum Gasteiger partial charge on any atom is -0.379 e. The molecular formula is C18H22ClN5OS. The smallest absolute Gasteiger partial charge is 0.194 e. The number of hydrogen-bond acceptors (Lipinski definition) is 4. The standard InChI is InChI=1S/C18H22ClN5OS/c19-15-7-4-9-21-16(15)13-23-18(26)24-17(20)22-10-12-25-11-8-14-5-2-1-3-6-14/h1-7,9H,8,10-13H2,(H4,20,22,23,24,26). The average molecular weight is 392 g/mol. The van der Waals surface area contributed by atoms with Crippen LogP contribution in [0.5, 0.6) is 0 Å². The highest BCUT2D eigenvalue weighted by molar-refractivity contribution is 7.80. The van der Waals surface area contributed by atoms with Crippen molar-refractivity contribution in [3.8, 4) is 0 Å². The second-order valence-electron chi connectivity index (χ2n) is 5.35. The van der Waals surface area contributed by atoms with Gasteiger partial charge in [0.2, 0.25) is 0 Å². The molecule has 0 saturated heterocycles. The van der Waals surface area contributed by atoms with Crippen LogP contribution in [0.4, 0.5) is 0 Å². The molecule has 8 heteroatoms. The molecule has 0 spiro atoms. The predicted molar refractivity (Wildman–Crippen MR) is 109 cm³/mol. The predicted octanol–water partition coefficient (Wildman–Crippen LogP) is 2.27. The summed E-state index contributed by atoms with van der Waals surface area (Å²) in [6, 6.07) is 13.7. The molecule has 1 heterocycles. The van der Waals surface area contributed by atoms with Crippen molar-refractivity contribution in [2.45, 2.75) is 13.0 Å². The number of aromatic nitrogens is 1. The van der Waals surface area contributed by atoms with Crippen molar-refractivity contribution in [1.29, 1.82) is 0 Å². The monoisotopic (exact) mass is 391 g/mol. The first-order chi connectivity index (χ1) is 12.6. The molecule has 6 nitrogen and oxygen atoms in total. The summed E-state index contributed by atoms with van der Waals surface area (Å²) in [4.78, 5) is 8.34. The number of halogens is 1. The number of rotatable bonds is 8. The highest BCUT2D eigenvalue weighted by Crippen LogP contribution is 2.11. The number of nitrogens with one attached hydrogen (secondary N) is 2. The van der Waals surface area contributed by atoms with Gasteiger partial charge in [0.25, 0.3) is 0 Å². The molecule has 0 amide bonds. The van der Waals surface area contributed by atoms with Crippen LogP contribution < -0.4 is 16.4 Å². The molecule has 0 bridgehead atoms. The zero-order valence-corrected chi connectivity index (χ0v) is 15.9. The Bertz CT molecular complexity index is 727. The normalized spacial score (nSPS) is 11.2. The van der Waals surface area contributed by atoms with Crippen LogP contribution in [0.2, 0.25) is 5.02 Å². The maximum absolute atomic E-state index is 6.03. The molecule has 0 unspecified atom stereocenters. The third-order valence-corrected chi connectivity index (χ3v) is 3.98. The fourth-order valence-electron chi connectivity index (χ4n) is 2.08. The number of hydrogen-bond donors (Lipinski definition) is 3. The number of benzene rings is 1. The summed E-state index contributed by atoms with van der Waals surface area (Å²) in [7, 11) is 0. The van der Waals surface area contributed by atoms with E-state index in [9.17, 15) is 0 Å². The molecule has 0 aliphatic rings. The van der Waals surface area contributed by atoms with Gasteiger partial charge >= 0.3 is 0 Å². The average Bonchev–Trinajstić information content (AvgIpc) is 2.65. The van der Waals surface area contributed by atoms with Crippen molar-refractivity contribution in [2.75, 3.05) is 19.8 Å². The highest BCUT2D eigenvalue weighted by Gasteiger charge is 2.02. The lowest BCUT2D eigenvalue weighted by molar-refractivity contribution is 0.145. The SMILES string of the molecule is NC(=NCCOCCc1ccccc1)NC(=S)NCc1ncccc1Cl. The molecule has 138 valence electrons. The summed E-state index contributed by atoms with van der Waals surface area (Å²) in [5, 5.41) is 6.73. The Morgan fingerprint density at radius 2 is 2.00 bits per heavy atom. The van der Waals surface area contributed by atoms with E-state index in [0.29, 0.717) is 42.1 Å². The van der Waals surface area contributed by atoms with E-state index in [1.54, 1.807) is 18.3 Å². The number of guanidine groups is 1. The van der Waals surface area contributed by atoms with E-state index in [4.69, 9.17) is 34.3 Å². The summed E-state index contributed by atoms with van der Waals surface area (Å²) in [5.74, 6) is 0.237. The van der Waals surface area contributed by atoms with Crippen LogP contribution in [-0.2, 0) is 17.7 Å². The first-order valence-electron chi connectivity index (χ1n) is 8.21. The van der Waals surface area contributed by atoms with Crippen molar-refractivity contribution < 1.29 is 4.74 Å². The molecule has 1 aromatic carbocycles. The van der Waals surface area contributed by atoms with Crippen LogP contribution in [0, 0.1) is 0 Å².